The number of halogens is 1. The van der Waals surface area contributed by atoms with E-state index in [0.717, 1.165) is 0 Å². The fraction of sp³-hybridized carbons (Fsp3) is 0.167. The first-order valence-electron chi connectivity index (χ1n) is 7.87. The molecule has 26 heavy (non-hydrogen) atoms. The van der Waals surface area contributed by atoms with Gasteiger partial charge in [0.15, 0.2) is 0 Å². The molecule has 0 saturated heterocycles. The molecule has 0 aliphatic heterocycles. The molecule has 3 rings (SSSR count). The molecule has 0 spiro atoms. The minimum absolute atomic E-state index is 0.192. The zero-order chi connectivity index (χ0) is 18.5. The Morgan fingerprint density at radius 1 is 1.27 bits per heavy atom. The summed E-state index contributed by atoms with van der Waals surface area (Å²) < 4.78 is 23.7. The van der Waals surface area contributed by atoms with Crippen LogP contribution in [0.15, 0.2) is 52.9 Å². The van der Waals surface area contributed by atoms with Gasteiger partial charge in [0.25, 0.3) is 10.7 Å². The average molecular weight is 373 g/mol. The lowest BCUT2D eigenvalue weighted by Gasteiger charge is -2.15. The molecule has 3 aromatic rings. The van der Waals surface area contributed by atoms with Gasteiger partial charge in [-0.05, 0) is 67.7 Å². The smallest absolute Gasteiger partial charge is 0.284 e. The van der Waals surface area contributed by atoms with Crippen molar-refractivity contribution < 1.29 is 18.3 Å². The van der Waals surface area contributed by atoms with Crippen LogP contribution in [0.2, 0.25) is 0 Å². The van der Waals surface area contributed by atoms with E-state index >= 15 is 0 Å². The van der Waals surface area contributed by atoms with Gasteiger partial charge in [-0.15, -0.1) is 5.10 Å². The number of aromatic amines is 1. The average Bonchev–Trinajstić information content (AvgIpc) is 3.08. The van der Waals surface area contributed by atoms with Crippen LogP contribution in [0.3, 0.4) is 0 Å². The highest BCUT2D eigenvalue weighted by atomic mass is 32.1. The van der Waals surface area contributed by atoms with Crippen LogP contribution in [-0.2, 0) is 0 Å². The molecule has 1 atom stereocenters. The van der Waals surface area contributed by atoms with E-state index in [1.807, 2.05) is 6.92 Å². The molecule has 8 heteroatoms. The van der Waals surface area contributed by atoms with Gasteiger partial charge in [0.1, 0.15) is 17.7 Å². The number of hydrogen-bond donors (Lipinski definition) is 2. The number of carbonyl (C=O) groups is 1. The number of H-pyrrole nitrogens is 1. The minimum atomic E-state index is -0.326. The van der Waals surface area contributed by atoms with Crippen LogP contribution in [0.25, 0.3) is 11.5 Å². The topological polar surface area (TPSA) is 80.2 Å². The van der Waals surface area contributed by atoms with E-state index < -0.39 is 0 Å². The largest absolute Gasteiger partial charge is 0.489 e. The molecule has 0 saturated carbocycles. The number of nitrogens with one attached hydrogen (secondary N) is 2. The van der Waals surface area contributed by atoms with Gasteiger partial charge in [0.2, 0.25) is 5.89 Å². The molecular formula is C18H16FN3O3S. The highest BCUT2D eigenvalue weighted by Crippen LogP contribution is 2.17. The molecule has 1 aromatic heterocycles. The van der Waals surface area contributed by atoms with Crippen molar-refractivity contribution in [2.75, 3.05) is 6.54 Å². The number of carbonyl (C=O) groups excluding carboxylic acids is 1. The lowest BCUT2D eigenvalue weighted by Crippen LogP contribution is -2.33. The van der Waals surface area contributed by atoms with Crippen molar-refractivity contribution in [3.63, 3.8) is 0 Å². The van der Waals surface area contributed by atoms with Crippen LogP contribution >= 0.6 is 12.2 Å². The predicted molar refractivity (Wildman–Crippen MR) is 95.9 cm³/mol. The third-order valence-electron chi connectivity index (χ3n) is 3.53. The predicted octanol–water partition coefficient (Wildman–Crippen LogP) is 3.74. The number of aromatic nitrogens is 2. The standard InChI is InChI=1S/C18H16FN3O3S/c1-11(24-15-8-6-14(19)7-9-15)10-20-16(23)12-2-4-13(5-3-12)17-21-22-18(26)25-17/h2-9,11H,10H2,1H3,(H,20,23)(H,22,26)/t11-/m1/s1. The number of rotatable bonds is 6. The Morgan fingerprint density at radius 3 is 2.58 bits per heavy atom. The Morgan fingerprint density at radius 2 is 1.96 bits per heavy atom. The first kappa shape index (κ1) is 17.8. The summed E-state index contributed by atoms with van der Waals surface area (Å²) >= 11 is 4.83. The molecule has 2 aromatic carbocycles. The van der Waals surface area contributed by atoms with Crippen LogP contribution in [-0.4, -0.2) is 28.8 Å². The van der Waals surface area contributed by atoms with Gasteiger partial charge in [-0.2, -0.15) is 0 Å². The van der Waals surface area contributed by atoms with Gasteiger partial charge in [0, 0.05) is 11.1 Å². The van der Waals surface area contributed by atoms with Crippen molar-refractivity contribution in [2.24, 2.45) is 0 Å². The maximum absolute atomic E-state index is 12.9. The number of ether oxygens (including phenoxy) is 1. The number of amides is 1. The third-order valence-corrected chi connectivity index (χ3v) is 3.71. The van der Waals surface area contributed by atoms with Crippen LogP contribution in [0.5, 0.6) is 5.75 Å². The molecule has 134 valence electrons. The van der Waals surface area contributed by atoms with Crippen molar-refractivity contribution in [3.8, 4) is 17.2 Å². The normalized spacial score (nSPS) is 11.8. The second kappa shape index (κ2) is 7.92. The van der Waals surface area contributed by atoms with Gasteiger partial charge >= 0.3 is 0 Å². The van der Waals surface area contributed by atoms with E-state index in [-0.39, 0.29) is 22.7 Å². The molecule has 0 fully saturated rings. The molecule has 0 aliphatic rings. The van der Waals surface area contributed by atoms with Gasteiger partial charge in [-0.1, -0.05) is 0 Å². The lowest BCUT2D eigenvalue weighted by molar-refractivity contribution is 0.0932. The Balaban J connectivity index is 1.54. The van der Waals surface area contributed by atoms with Crippen molar-refractivity contribution in [1.29, 1.82) is 0 Å². The molecular weight excluding hydrogens is 357 g/mol. The Hall–Kier alpha value is -3.00. The summed E-state index contributed by atoms with van der Waals surface area (Å²) in [6.07, 6.45) is -0.267. The fourth-order valence-corrected chi connectivity index (χ4v) is 2.37. The molecule has 0 bridgehead atoms. The zero-order valence-corrected chi connectivity index (χ0v) is 14.7. The van der Waals surface area contributed by atoms with Crippen LogP contribution < -0.4 is 10.1 Å². The summed E-state index contributed by atoms with van der Waals surface area (Å²) in [6.45, 7) is 2.13. The molecule has 1 amide bonds. The summed E-state index contributed by atoms with van der Waals surface area (Å²) in [5.74, 6) is 0.354. The van der Waals surface area contributed by atoms with E-state index in [1.54, 1.807) is 36.4 Å². The monoisotopic (exact) mass is 373 g/mol. The van der Waals surface area contributed by atoms with Crippen LogP contribution in [0.1, 0.15) is 17.3 Å². The third kappa shape index (κ3) is 4.54. The second-order valence-corrected chi connectivity index (χ2v) is 5.96. The summed E-state index contributed by atoms with van der Waals surface area (Å²) in [6, 6.07) is 12.5. The molecule has 6 nitrogen and oxygen atoms in total. The quantitative estimate of drug-likeness (QED) is 0.644. The summed E-state index contributed by atoms with van der Waals surface area (Å²) in [4.78, 5) is 12.4. The van der Waals surface area contributed by atoms with E-state index in [1.165, 1.54) is 12.1 Å². The van der Waals surface area contributed by atoms with Crippen molar-refractivity contribution in [3.05, 3.63) is 64.7 Å². The van der Waals surface area contributed by atoms with Gasteiger partial charge < -0.3 is 14.5 Å². The molecule has 1 heterocycles. The highest BCUT2D eigenvalue weighted by Gasteiger charge is 2.10. The number of hydrogen-bond acceptors (Lipinski definition) is 5. The maximum Gasteiger partial charge on any atom is 0.284 e. The summed E-state index contributed by atoms with van der Waals surface area (Å²) in [5.41, 5.74) is 1.21. The van der Waals surface area contributed by atoms with E-state index in [2.05, 4.69) is 15.5 Å². The summed E-state index contributed by atoms with van der Waals surface area (Å²) in [7, 11) is 0. The highest BCUT2D eigenvalue weighted by molar-refractivity contribution is 7.71. The van der Waals surface area contributed by atoms with Crippen molar-refractivity contribution in [2.45, 2.75) is 13.0 Å². The minimum Gasteiger partial charge on any atom is -0.489 e. The SMILES string of the molecule is C[C@H](CNC(=O)c1ccc(-c2n[nH]c(=S)o2)cc1)Oc1ccc(F)cc1. The molecule has 0 aliphatic carbocycles. The molecule has 0 radical (unpaired) electrons. The van der Waals surface area contributed by atoms with Crippen LogP contribution in [0, 0.1) is 10.7 Å². The first-order valence-corrected chi connectivity index (χ1v) is 8.28. The Labute approximate surface area is 154 Å². The van der Waals surface area contributed by atoms with Gasteiger partial charge in [-0.25, -0.2) is 9.49 Å². The number of benzene rings is 2. The van der Waals surface area contributed by atoms with E-state index in [0.29, 0.717) is 29.3 Å². The van der Waals surface area contributed by atoms with Crippen molar-refractivity contribution in [1.82, 2.24) is 15.5 Å². The zero-order valence-electron chi connectivity index (χ0n) is 13.9. The fourth-order valence-electron chi connectivity index (χ4n) is 2.24. The second-order valence-electron chi connectivity index (χ2n) is 5.59. The van der Waals surface area contributed by atoms with E-state index in [9.17, 15) is 9.18 Å². The van der Waals surface area contributed by atoms with Crippen LogP contribution in [0.4, 0.5) is 4.39 Å². The van der Waals surface area contributed by atoms with Gasteiger partial charge in [-0.3, -0.25) is 4.79 Å². The molecule has 0 unspecified atom stereocenters. The summed E-state index contributed by atoms with van der Waals surface area (Å²) in [5, 5.41) is 9.27. The van der Waals surface area contributed by atoms with Gasteiger partial charge in [0.05, 0.1) is 6.54 Å². The number of nitrogens with zero attached hydrogens (tertiary/aromatic N) is 1. The Kier molecular flexibility index (Phi) is 5.43. The maximum atomic E-state index is 12.9. The lowest BCUT2D eigenvalue weighted by atomic mass is 10.1. The van der Waals surface area contributed by atoms with E-state index in [4.69, 9.17) is 21.4 Å². The van der Waals surface area contributed by atoms with Crippen molar-refractivity contribution >= 4 is 18.1 Å². The Bertz CT molecular complexity index is 935. The first-order chi connectivity index (χ1) is 12.5. The molecule has 2 N–H and O–H groups in total.